The van der Waals surface area contributed by atoms with Crippen molar-refractivity contribution in [2.45, 2.75) is 20.8 Å². The Labute approximate surface area is 80.7 Å². The summed E-state index contributed by atoms with van der Waals surface area (Å²) in [6, 6.07) is 0. The lowest BCUT2D eigenvalue weighted by atomic mass is 9.90. The van der Waals surface area contributed by atoms with Crippen molar-refractivity contribution in [1.29, 1.82) is 0 Å². The van der Waals surface area contributed by atoms with Gasteiger partial charge in [0.1, 0.15) is 0 Å². The fourth-order valence-electron chi connectivity index (χ4n) is 1.32. The number of allylic oxidation sites excluding steroid dienone is 4. The van der Waals surface area contributed by atoms with E-state index in [0.29, 0.717) is 0 Å². The van der Waals surface area contributed by atoms with Crippen LogP contribution in [-0.2, 0) is 0 Å². The molecule has 0 amide bonds. The fourth-order valence-corrected chi connectivity index (χ4v) is 1.32. The summed E-state index contributed by atoms with van der Waals surface area (Å²) in [5, 5.41) is 0. The third-order valence-corrected chi connectivity index (χ3v) is 2.00. The van der Waals surface area contributed by atoms with Crippen molar-refractivity contribution < 1.29 is 0 Å². The topological polar surface area (TPSA) is 3.24 Å². The molecule has 70 valence electrons. The number of hydrogen-bond donors (Lipinski definition) is 0. The molecule has 0 radical (unpaired) electrons. The second kappa shape index (κ2) is 3.65. The Bertz CT molecular complexity index is 279. The van der Waals surface area contributed by atoms with Gasteiger partial charge in [0.2, 0.25) is 0 Å². The van der Waals surface area contributed by atoms with Crippen molar-refractivity contribution >= 4 is 0 Å². The zero-order chi connectivity index (χ0) is 9.90. The minimum atomic E-state index is 0.140. The second-order valence-electron chi connectivity index (χ2n) is 3.80. The smallest absolute Gasteiger partial charge is 0.0411 e. The highest BCUT2D eigenvalue weighted by atomic mass is 15.1. The molecule has 0 N–H and O–H groups in total. The zero-order valence-corrected chi connectivity index (χ0v) is 8.62. The summed E-state index contributed by atoms with van der Waals surface area (Å²) in [7, 11) is 0. The van der Waals surface area contributed by atoms with Gasteiger partial charge in [-0.1, -0.05) is 38.7 Å². The summed E-state index contributed by atoms with van der Waals surface area (Å²) < 4.78 is 0. The molecular formula is C12H17N. The summed E-state index contributed by atoms with van der Waals surface area (Å²) in [4.78, 5) is 2.07. The largest absolute Gasteiger partial charge is 0.325 e. The van der Waals surface area contributed by atoms with Crippen LogP contribution in [0.1, 0.15) is 20.8 Å². The van der Waals surface area contributed by atoms with Crippen LogP contribution in [-0.4, -0.2) is 4.90 Å². The van der Waals surface area contributed by atoms with E-state index in [2.05, 4.69) is 43.7 Å². The van der Waals surface area contributed by atoms with Crippen LogP contribution in [0.5, 0.6) is 0 Å². The van der Waals surface area contributed by atoms with Crippen LogP contribution < -0.4 is 0 Å². The molecule has 1 nitrogen and oxygen atoms in total. The summed E-state index contributed by atoms with van der Waals surface area (Å²) in [6.45, 7) is 10.2. The molecule has 13 heavy (non-hydrogen) atoms. The van der Waals surface area contributed by atoms with Gasteiger partial charge < -0.3 is 4.90 Å². The monoisotopic (exact) mass is 175 g/mol. The van der Waals surface area contributed by atoms with Crippen molar-refractivity contribution in [2.24, 2.45) is 5.41 Å². The third kappa shape index (κ3) is 2.35. The minimum Gasteiger partial charge on any atom is -0.325 e. The normalized spacial score (nSPS) is 20.5. The van der Waals surface area contributed by atoms with E-state index in [4.69, 9.17) is 0 Å². The summed E-state index contributed by atoms with van der Waals surface area (Å²) in [5.74, 6) is 0. The van der Waals surface area contributed by atoms with Crippen LogP contribution in [0.25, 0.3) is 0 Å². The predicted molar refractivity (Wildman–Crippen MR) is 57.9 cm³/mol. The van der Waals surface area contributed by atoms with Gasteiger partial charge in [-0.2, -0.15) is 0 Å². The minimum absolute atomic E-state index is 0.140. The number of nitrogens with zero attached hydrogens (tertiary/aromatic N) is 1. The molecule has 0 fully saturated rings. The molecule has 0 bridgehead atoms. The van der Waals surface area contributed by atoms with E-state index < -0.39 is 0 Å². The van der Waals surface area contributed by atoms with E-state index in [1.165, 1.54) is 0 Å². The molecule has 0 unspecified atom stereocenters. The van der Waals surface area contributed by atoms with E-state index in [1.807, 2.05) is 25.3 Å². The van der Waals surface area contributed by atoms with Gasteiger partial charge >= 0.3 is 0 Å². The maximum absolute atomic E-state index is 3.80. The number of hydrogen-bond acceptors (Lipinski definition) is 1. The Morgan fingerprint density at radius 2 is 2.15 bits per heavy atom. The van der Waals surface area contributed by atoms with Gasteiger partial charge in [0, 0.05) is 23.5 Å². The highest BCUT2D eigenvalue weighted by molar-refractivity contribution is 5.29. The van der Waals surface area contributed by atoms with E-state index in [1.54, 1.807) is 0 Å². The van der Waals surface area contributed by atoms with Gasteiger partial charge in [-0.05, 0) is 13.0 Å². The molecule has 0 aliphatic carbocycles. The van der Waals surface area contributed by atoms with Crippen LogP contribution in [0.3, 0.4) is 0 Å². The Hall–Kier alpha value is -1.24. The van der Waals surface area contributed by atoms with Crippen LogP contribution in [0.4, 0.5) is 0 Å². The lowest BCUT2D eigenvalue weighted by Crippen LogP contribution is -2.18. The predicted octanol–water partition coefficient (Wildman–Crippen LogP) is 3.45. The Morgan fingerprint density at radius 1 is 1.46 bits per heavy atom. The Morgan fingerprint density at radius 3 is 2.69 bits per heavy atom. The molecule has 0 saturated heterocycles. The quantitative estimate of drug-likeness (QED) is 0.621. The molecule has 1 heteroatoms. The molecule has 0 atom stereocenters. The molecule has 1 rings (SSSR count). The molecule has 1 heterocycles. The average molecular weight is 175 g/mol. The summed E-state index contributed by atoms with van der Waals surface area (Å²) in [6.07, 6.45) is 12.4. The standard InChI is InChI=1S/C12H17N/c1-5-8-13-9-7-12(3,4)10-11(13)6-2/h5-10H,2H2,1,3-4H3/b8-5-. The SMILES string of the molecule is C=CC1=CC(C)(C)C=CN1/C=C\C. The molecule has 0 aromatic heterocycles. The van der Waals surface area contributed by atoms with Crippen molar-refractivity contribution in [1.82, 2.24) is 4.90 Å². The number of rotatable bonds is 2. The van der Waals surface area contributed by atoms with Crippen molar-refractivity contribution in [3.8, 4) is 0 Å². The van der Waals surface area contributed by atoms with E-state index in [9.17, 15) is 0 Å². The van der Waals surface area contributed by atoms with Crippen molar-refractivity contribution in [2.75, 3.05) is 0 Å². The van der Waals surface area contributed by atoms with Gasteiger partial charge in [0.05, 0.1) is 0 Å². The maximum atomic E-state index is 3.80. The fraction of sp³-hybridized carbons (Fsp3) is 0.333. The van der Waals surface area contributed by atoms with Crippen LogP contribution >= 0.6 is 0 Å². The van der Waals surface area contributed by atoms with E-state index in [-0.39, 0.29) is 5.41 Å². The molecule has 0 saturated carbocycles. The third-order valence-electron chi connectivity index (χ3n) is 2.00. The van der Waals surface area contributed by atoms with Crippen molar-refractivity contribution in [3.05, 3.63) is 49.0 Å². The van der Waals surface area contributed by atoms with Crippen LogP contribution in [0, 0.1) is 5.41 Å². The first kappa shape index (κ1) is 9.85. The first-order chi connectivity index (χ1) is 6.09. The molecule has 0 aromatic carbocycles. The zero-order valence-electron chi connectivity index (χ0n) is 8.62. The van der Waals surface area contributed by atoms with Gasteiger partial charge in [0.15, 0.2) is 0 Å². The second-order valence-corrected chi connectivity index (χ2v) is 3.80. The van der Waals surface area contributed by atoms with Crippen LogP contribution in [0.2, 0.25) is 0 Å². The molecular weight excluding hydrogens is 158 g/mol. The summed E-state index contributed by atoms with van der Waals surface area (Å²) >= 11 is 0. The van der Waals surface area contributed by atoms with Gasteiger partial charge in [0.25, 0.3) is 0 Å². The Balaban J connectivity index is 2.94. The maximum Gasteiger partial charge on any atom is 0.0411 e. The van der Waals surface area contributed by atoms with Gasteiger partial charge in [-0.15, -0.1) is 0 Å². The van der Waals surface area contributed by atoms with E-state index >= 15 is 0 Å². The molecule has 0 spiro atoms. The molecule has 0 aromatic rings. The molecule has 1 aliphatic heterocycles. The summed E-state index contributed by atoms with van der Waals surface area (Å²) in [5.41, 5.74) is 1.28. The van der Waals surface area contributed by atoms with Crippen LogP contribution in [0.15, 0.2) is 49.0 Å². The van der Waals surface area contributed by atoms with E-state index in [0.717, 1.165) is 5.70 Å². The molecule has 1 aliphatic rings. The first-order valence-electron chi connectivity index (χ1n) is 4.55. The lowest BCUT2D eigenvalue weighted by Gasteiger charge is -2.28. The Kier molecular flexibility index (Phi) is 2.76. The van der Waals surface area contributed by atoms with Crippen molar-refractivity contribution in [3.63, 3.8) is 0 Å². The lowest BCUT2D eigenvalue weighted by molar-refractivity contribution is 0.532. The highest BCUT2D eigenvalue weighted by Crippen LogP contribution is 2.28. The van der Waals surface area contributed by atoms with Gasteiger partial charge in [-0.25, -0.2) is 0 Å². The van der Waals surface area contributed by atoms with Gasteiger partial charge in [-0.3, -0.25) is 0 Å². The highest BCUT2D eigenvalue weighted by Gasteiger charge is 2.17. The first-order valence-corrected chi connectivity index (χ1v) is 4.55. The average Bonchev–Trinajstić information content (AvgIpc) is 2.08.